The van der Waals surface area contributed by atoms with Gasteiger partial charge in [0.2, 0.25) is 0 Å². The molecule has 1 nitrogen and oxygen atoms in total. The Kier molecular flexibility index (Phi) is 6.23. The molecule has 3 aromatic rings. The first-order valence-corrected chi connectivity index (χ1v) is 16.2. The third kappa shape index (κ3) is 4.31. The second kappa shape index (κ2) is 8.50. The highest BCUT2D eigenvalue weighted by Gasteiger charge is 2.52. The maximum absolute atomic E-state index is 6.63. The maximum Gasteiger partial charge on any atom is 0.0717 e. The van der Waals surface area contributed by atoms with E-state index in [2.05, 4.69) is 128 Å². The summed E-state index contributed by atoms with van der Waals surface area (Å²) in [7, 11) is -1.80. The molecule has 0 radical (unpaired) electrons. The van der Waals surface area contributed by atoms with Gasteiger partial charge in [-0.2, -0.15) is 0 Å². The molecular formula is C32H42OSi. The van der Waals surface area contributed by atoms with Crippen molar-refractivity contribution in [2.24, 2.45) is 0 Å². The fourth-order valence-electron chi connectivity index (χ4n) is 5.42. The fourth-order valence-corrected chi connectivity index (χ4v) is 7.98. The molecule has 1 aliphatic rings. The molecule has 4 rings (SSSR count). The lowest BCUT2D eigenvalue weighted by Crippen LogP contribution is -2.52. The van der Waals surface area contributed by atoms with Gasteiger partial charge in [0.15, 0.2) is 0 Å². The van der Waals surface area contributed by atoms with Crippen LogP contribution in [0.15, 0.2) is 66.7 Å². The Labute approximate surface area is 208 Å². The van der Waals surface area contributed by atoms with Crippen LogP contribution in [-0.4, -0.2) is 14.7 Å². The molecule has 0 atom stereocenters. The highest BCUT2D eigenvalue weighted by Crippen LogP contribution is 2.55. The lowest BCUT2D eigenvalue weighted by Gasteiger charge is -2.43. The van der Waals surface area contributed by atoms with Crippen LogP contribution in [0.1, 0.15) is 69.4 Å². The van der Waals surface area contributed by atoms with Crippen LogP contribution in [0.5, 0.6) is 0 Å². The summed E-state index contributed by atoms with van der Waals surface area (Å²) in [5.41, 5.74) is 10.0. The van der Waals surface area contributed by atoms with Gasteiger partial charge < -0.3 is 4.74 Å². The van der Waals surface area contributed by atoms with E-state index in [1.54, 1.807) is 0 Å². The smallest absolute Gasteiger partial charge is 0.0717 e. The highest BCUT2D eigenvalue weighted by molar-refractivity contribution is 6.80. The number of hydrogen-bond acceptors (Lipinski definition) is 1. The van der Waals surface area contributed by atoms with Crippen molar-refractivity contribution in [3.63, 3.8) is 0 Å². The number of ether oxygens (including phenoxy) is 1. The molecule has 0 fully saturated rings. The van der Waals surface area contributed by atoms with Crippen molar-refractivity contribution < 1.29 is 4.74 Å². The van der Waals surface area contributed by atoms with Crippen molar-refractivity contribution in [2.75, 3.05) is 6.61 Å². The van der Waals surface area contributed by atoms with E-state index in [-0.39, 0.29) is 15.9 Å². The van der Waals surface area contributed by atoms with Crippen LogP contribution < -0.4 is 0 Å². The maximum atomic E-state index is 6.63. The highest BCUT2D eigenvalue weighted by atomic mass is 28.3. The SMILES string of the molecule is CC(C)(C)c1ccc2c(c1)C(COCc1ccccc1)([Si](C)(C)C)c1cc(C(C)(C)C)ccc1-2. The molecule has 2 heteroatoms. The Balaban J connectivity index is 1.92. The van der Waals surface area contributed by atoms with Crippen molar-refractivity contribution in [3.05, 3.63) is 94.5 Å². The number of hydrogen-bond donors (Lipinski definition) is 0. The third-order valence-corrected chi connectivity index (χ3v) is 10.9. The van der Waals surface area contributed by atoms with Crippen molar-refractivity contribution >= 4 is 8.07 Å². The Bertz CT molecular complexity index is 1110. The monoisotopic (exact) mass is 470 g/mol. The largest absolute Gasteiger partial charge is 0.376 e. The Hall–Kier alpha value is -2.16. The zero-order valence-corrected chi connectivity index (χ0v) is 23.7. The molecule has 0 unspecified atom stereocenters. The molecule has 0 aromatic heterocycles. The van der Waals surface area contributed by atoms with Crippen molar-refractivity contribution in [1.82, 2.24) is 0 Å². The van der Waals surface area contributed by atoms with E-state index >= 15 is 0 Å². The van der Waals surface area contributed by atoms with E-state index in [1.165, 1.54) is 38.9 Å². The molecule has 3 aromatic carbocycles. The summed E-state index contributed by atoms with van der Waals surface area (Å²) in [6.07, 6.45) is 0. The van der Waals surface area contributed by atoms with Crippen LogP contribution in [0, 0.1) is 0 Å². The minimum absolute atomic E-state index is 0.0883. The van der Waals surface area contributed by atoms with Gasteiger partial charge >= 0.3 is 0 Å². The second-order valence-corrected chi connectivity index (χ2v) is 18.5. The summed E-state index contributed by atoms with van der Waals surface area (Å²) in [4.78, 5) is 0. The topological polar surface area (TPSA) is 9.23 Å². The van der Waals surface area contributed by atoms with E-state index in [0.29, 0.717) is 6.61 Å². The lowest BCUT2D eigenvalue weighted by molar-refractivity contribution is 0.103. The average molecular weight is 471 g/mol. The average Bonchev–Trinajstić information content (AvgIpc) is 3.03. The van der Waals surface area contributed by atoms with E-state index in [1.807, 2.05) is 0 Å². The molecular weight excluding hydrogens is 428 g/mol. The van der Waals surface area contributed by atoms with E-state index < -0.39 is 8.07 Å². The Morgan fingerprint density at radius 2 is 1.15 bits per heavy atom. The van der Waals surface area contributed by atoms with Crippen LogP contribution in [0.4, 0.5) is 0 Å². The van der Waals surface area contributed by atoms with Gasteiger partial charge in [-0.05, 0) is 49.8 Å². The summed E-state index contributed by atoms with van der Waals surface area (Å²) in [6, 6.07) is 25.0. The molecule has 0 spiro atoms. The third-order valence-electron chi connectivity index (χ3n) is 7.69. The Morgan fingerprint density at radius 3 is 1.56 bits per heavy atom. The predicted octanol–water partition coefficient (Wildman–Crippen LogP) is 8.64. The molecule has 0 saturated carbocycles. The molecule has 0 bridgehead atoms. The number of benzene rings is 3. The first-order chi connectivity index (χ1) is 15.7. The minimum atomic E-state index is -1.80. The summed E-state index contributed by atoms with van der Waals surface area (Å²) in [6.45, 7) is 22.8. The van der Waals surface area contributed by atoms with Crippen LogP contribution in [0.3, 0.4) is 0 Å². The van der Waals surface area contributed by atoms with Crippen LogP contribution >= 0.6 is 0 Å². The van der Waals surface area contributed by atoms with Crippen molar-refractivity contribution in [2.45, 2.75) is 83.7 Å². The van der Waals surface area contributed by atoms with E-state index in [0.717, 1.165) is 6.61 Å². The zero-order valence-electron chi connectivity index (χ0n) is 22.7. The van der Waals surface area contributed by atoms with Crippen molar-refractivity contribution in [3.8, 4) is 11.1 Å². The van der Waals surface area contributed by atoms with Gasteiger partial charge in [-0.1, -0.05) is 128 Å². The molecule has 180 valence electrons. The minimum Gasteiger partial charge on any atom is -0.376 e. The number of rotatable bonds is 5. The first kappa shape index (κ1) is 24.9. The van der Waals surface area contributed by atoms with Crippen LogP contribution in [-0.2, 0) is 27.2 Å². The molecule has 34 heavy (non-hydrogen) atoms. The van der Waals surface area contributed by atoms with Gasteiger partial charge in [0, 0.05) is 5.04 Å². The molecule has 0 heterocycles. The van der Waals surface area contributed by atoms with Gasteiger partial charge in [-0.25, -0.2) is 0 Å². The van der Waals surface area contributed by atoms with Crippen LogP contribution in [0.2, 0.25) is 19.6 Å². The summed E-state index contributed by atoms with van der Waals surface area (Å²) >= 11 is 0. The van der Waals surface area contributed by atoms with Gasteiger partial charge in [-0.3, -0.25) is 0 Å². The molecule has 0 N–H and O–H groups in total. The standard InChI is InChI=1S/C32H42OSi/c1-30(2,3)24-15-17-26-27-18-16-25(31(4,5)6)20-29(27)32(28(26)19-24,34(7,8)9)22-33-21-23-13-11-10-12-14-23/h10-20H,21-22H2,1-9H3. The van der Waals surface area contributed by atoms with Gasteiger partial charge in [0.25, 0.3) is 0 Å². The predicted molar refractivity (Wildman–Crippen MR) is 150 cm³/mol. The van der Waals surface area contributed by atoms with Gasteiger partial charge in [0.1, 0.15) is 0 Å². The Morgan fingerprint density at radius 1 is 0.676 bits per heavy atom. The molecule has 0 amide bonds. The fraction of sp³-hybridized carbons (Fsp3) is 0.438. The molecule has 0 aliphatic heterocycles. The molecule has 0 saturated heterocycles. The zero-order chi connectivity index (χ0) is 24.9. The number of fused-ring (bicyclic) bond motifs is 3. The first-order valence-electron chi connectivity index (χ1n) is 12.7. The second-order valence-electron chi connectivity index (χ2n) is 13.2. The summed E-state index contributed by atoms with van der Waals surface area (Å²) < 4.78 is 6.63. The molecule has 1 aliphatic carbocycles. The summed E-state index contributed by atoms with van der Waals surface area (Å²) in [5, 5.41) is -0.0883. The van der Waals surface area contributed by atoms with Crippen molar-refractivity contribution in [1.29, 1.82) is 0 Å². The van der Waals surface area contributed by atoms with E-state index in [9.17, 15) is 0 Å². The lowest BCUT2D eigenvalue weighted by atomic mass is 9.83. The van der Waals surface area contributed by atoms with Gasteiger partial charge in [-0.15, -0.1) is 0 Å². The summed E-state index contributed by atoms with van der Waals surface area (Å²) in [5.74, 6) is 0. The van der Waals surface area contributed by atoms with Crippen LogP contribution in [0.25, 0.3) is 11.1 Å². The van der Waals surface area contributed by atoms with E-state index in [4.69, 9.17) is 4.74 Å². The quantitative estimate of drug-likeness (QED) is 0.339. The normalized spacial score (nSPS) is 15.2. The van der Waals surface area contributed by atoms with Gasteiger partial charge in [0.05, 0.1) is 21.3 Å².